The number of aromatic nitrogens is 1. The molecule has 192 valence electrons. The molecule has 0 saturated heterocycles. The summed E-state index contributed by atoms with van der Waals surface area (Å²) in [5.41, 5.74) is 6.60. The highest BCUT2D eigenvalue weighted by atomic mass is 35.5. The van der Waals surface area contributed by atoms with Gasteiger partial charge < -0.3 is 15.2 Å². The van der Waals surface area contributed by atoms with Crippen LogP contribution >= 0.6 is 57.7 Å². The summed E-state index contributed by atoms with van der Waals surface area (Å²) in [7, 11) is 1.17. The first-order valence-corrected chi connectivity index (χ1v) is 13.0. The first kappa shape index (κ1) is 27.3. The molecule has 1 atom stereocenters. The number of rotatable bonds is 5. The van der Waals surface area contributed by atoms with Crippen molar-refractivity contribution in [2.24, 2.45) is 5.73 Å². The van der Waals surface area contributed by atoms with E-state index in [1.807, 2.05) is 0 Å². The minimum atomic E-state index is -1.10. The lowest BCUT2D eigenvalue weighted by atomic mass is 9.83. The summed E-state index contributed by atoms with van der Waals surface area (Å²) in [6.07, 6.45) is 1.55. The van der Waals surface area contributed by atoms with Crippen LogP contribution < -0.4 is 20.5 Å². The fourth-order valence-electron chi connectivity index (χ4n) is 3.97. The number of hydrogen-bond acceptors (Lipinski definition) is 7. The molecule has 4 rings (SSSR count). The summed E-state index contributed by atoms with van der Waals surface area (Å²) in [6.45, 7) is 1.69. The maximum absolute atomic E-state index is 13.5. The van der Waals surface area contributed by atoms with Crippen LogP contribution in [0, 0.1) is 0 Å². The van der Waals surface area contributed by atoms with Gasteiger partial charge in [0.05, 0.1) is 35.3 Å². The Bertz CT molecular complexity index is 1660. The summed E-state index contributed by atoms with van der Waals surface area (Å²) in [5, 5.41) is 1.28. The number of nitrogens with zero attached hydrogens (tertiary/aromatic N) is 1. The second kappa shape index (κ2) is 10.9. The zero-order valence-electron chi connectivity index (χ0n) is 19.3. The summed E-state index contributed by atoms with van der Waals surface area (Å²) >= 11 is 25.9. The van der Waals surface area contributed by atoms with Crippen molar-refractivity contribution in [1.29, 1.82) is 0 Å². The number of benzene rings is 2. The second-order valence-electron chi connectivity index (χ2n) is 7.75. The number of methoxy groups -OCH3 is 1. The Labute approximate surface area is 234 Å². The number of fused-ring (bicyclic) bond motifs is 1. The normalized spacial score (nSPS) is 15.6. The van der Waals surface area contributed by atoms with E-state index in [1.165, 1.54) is 13.2 Å². The van der Waals surface area contributed by atoms with E-state index < -0.39 is 23.4 Å². The van der Waals surface area contributed by atoms with Crippen molar-refractivity contribution in [3.63, 3.8) is 0 Å². The molecular formula is C25H18Cl4N2O5S. The maximum Gasteiger partial charge on any atom is 0.338 e. The fourth-order valence-corrected chi connectivity index (χ4v) is 6.11. The quantitative estimate of drug-likeness (QED) is 0.442. The van der Waals surface area contributed by atoms with Crippen LogP contribution in [0.5, 0.6) is 0 Å². The number of esters is 2. The van der Waals surface area contributed by atoms with Gasteiger partial charge in [-0.25, -0.2) is 9.59 Å². The lowest BCUT2D eigenvalue weighted by molar-refractivity contribution is -0.136. The van der Waals surface area contributed by atoms with Gasteiger partial charge >= 0.3 is 11.9 Å². The predicted octanol–water partition coefficient (Wildman–Crippen LogP) is 4.16. The molecule has 1 aliphatic rings. The molecule has 0 aliphatic carbocycles. The topological polar surface area (TPSA) is 101 Å². The molecule has 2 aromatic carbocycles. The summed E-state index contributed by atoms with van der Waals surface area (Å²) in [4.78, 5) is 39.9. The molecule has 0 spiro atoms. The van der Waals surface area contributed by atoms with Gasteiger partial charge in [0.25, 0.3) is 5.56 Å². The molecule has 0 saturated carbocycles. The van der Waals surface area contributed by atoms with Gasteiger partial charge in [0, 0.05) is 20.1 Å². The molecule has 37 heavy (non-hydrogen) atoms. The van der Waals surface area contributed by atoms with Gasteiger partial charge in [0.1, 0.15) is 10.5 Å². The molecular weight excluding hydrogens is 582 g/mol. The van der Waals surface area contributed by atoms with Gasteiger partial charge in [0.2, 0.25) is 0 Å². The molecule has 0 unspecified atom stereocenters. The highest BCUT2D eigenvalue weighted by molar-refractivity contribution is 7.07. The number of nitrogens with two attached hydrogens (primary N) is 1. The van der Waals surface area contributed by atoms with Crippen molar-refractivity contribution in [3.05, 3.63) is 92.7 Å². The van der Waals surface area contributed by atoms with Gasteiger partial charge in [0.15, 0.2) is 0 Å². The number of thiazole rings is 1. The number of carbonyl (C=O) groups is 2. The highest BCUT2D eigenvalue weighted by Crippen LogP contribution is 2.41. The van der Waals surface area contributed by atoms with E-state index in [4.69, 9.17) is 61.6 Å². The van der Waals surface area contributed by atoms with Crippen LogP contribution in [0.3, 0.4) is 0 Å². The van der Waals surface area contributed by atoms with Crippen LogP contribution in [0.2, 0.25) is 20.1 Å². The number of ether oxygens (including phenoxy) is 2. The third kappa shape index (κ3) is 5.04. The van der Waals surface area contributed by atoms with E-state index in [0.717, 1.165) is 15.9 Å². The largest absolute Gasteiger partial charge is 0.466 e. The predicted molar refractivity (Wildman–Crippen MR) is 147 cm³/mol. The Balaban J connectivity index is 2.15. The average Bonchev–Trinajstić information content (AvgIpc) is 3.16. The number of hydrogen-bond donors (Lipinski definition) is 1. The van der Waals surface area contributed by atoms with Crippen LogP contribution in [-0.4, -0.2) is 30.2 Å². The highest BCUT2D eigenvalue weighted by Gasteiger charge is 2.40. The van der Waals surface area contributed by atoms with Crippen molar-refractivity contribution in [3.8, 4) is 0 Å². The Kier molecular flexibility index (Phi) is 8.06. The van der Waals surface area contributed by atoms with Crippen LogP contribution in [0.15, 0.2) is 46.8 Å². The number of carbonyl (C=O) groups excluding carboxylic acids is 2. The minimum Gasteiger partial charge on any atom is -0.466 e. The van der Waals surface area contributed by atoms with E-state index in [9.17, 15) is 14.4 Å². The molecule has 1 aliphatic heterocycles. The zero-order chi connectivity index (χ0) is 27.0. The van der Waals surface area contributed by atoms with Crippen LogP contribution in [-0.2, 0) is 19.1 Å². The Hall–Kier alpha value is -2.75. The van der Waals surface area contributed by atoms with Gasteiger partial charge in [-0.1, -0.05) is 58.5 Å². The van der Waals surface area contributed by atoms with Crippen LogP contribution in [0.1, 0.15) is 24.0 Å². The third-order valence-corrected chi connectivity index (χ3v) is 7.80. The lowest BCUT2D eigenvalue weighted by Crippen LogP contribution is -2.41. The molecule has 0 bridgehead atoms. The van der Waals surface area contributed by atoms with E-state index in [-0.39, 0.29) is 37.8 Å². The zero-order valence-corrected chi connectivity index (χ0v) is 23.2. The molecule has 7 nitrogen and oxygen atoms in total. The maximum atomic E-state index is 13.5. The van der Waals surface area contributed by atoms with E-state index in [0.29, 0.717) is 26.2 Å². The molecule has 2 heterocycles. The summed E-state index contributed by atoms with van der Waals surface area (Å²) in [6, 6.07) is 9.44. The smallest absolute Gasteiger partial charge is 0.338 e. The lowest BCUT2D eigenvalue weighted by Gasteiger charge is -2.27. The van der Waals surface area contributed by atoms with E-state index >= 15 is 0 Å². The molecule has 0 amide bonds. The Morgan fingerprint density at radius 3 is 2.27 bits per heavy atom. The van der Waals surface area contributed by atoms with Crippen molar-refractivity contribution in [1.82, 2.24) is 4.57 Å². The second-order valence-corrected chi connectivity index (χ2v) is 10.5. The van der Waals surface area contributed by atoms with Gasteiger partial charge in [-0.2, -0.15) is 0 Å². The van der Waals surface area contributed by atoms with Crippen molar-refractivity contribution < 1.29 is 19.1 Å². The minimum absolute atomic E-state index is 0.00428. The third-order valence-electron chi connectivity index (χ3n) is 5.57. The van der Waals surface area contributed by atoms with Crippen molar-refractivity contribution in [2.75, 3.05) is 13.7 Å². The molecule has 3 aromatic rings. The Morgan fingerprint density at radius 2 is 1.68 bits per heavy atom. The standard InChI is InChI=1S/C25H18Cl4N2O5S/c1-3-36-25(34)20-18(14-7-6-13(27)10-16(14)29)19(24(33)35-2)21(30)31-22(32)17(37-23(20)31)8-11-4-5-12(26)9-15(11)28/h4-10,18H,3,30H2,1-2H3/b17-8-/t18-/m0/s1. The van der Waals surface area contributed by atoms with E-state index in [1.54, 1.807) is 43.3 Å². The van der Waals surface area contributed by atoms with Crippen molar-refractivity contribution >= 4 is 87.1 Å². The first-order valence-electron chi connectivity index (χ1n) is 10.7. The van der Waals surface area contributed by atoms with Crippen LogP contribution in [0.25, 0.3) is 17.5 Å². The molecule has 2 N–H and O–H groups in total. The monoisotopic (exact) mass is 598 g/mol. The molecule has 1 aromatic heterocycles. The van der Waals surface area contributed by atoms with Gasteiger partial charge in [-0.05, 0) is 48.4 Å². The average molecular weight is 600 g/mol. The first-order chi connectivity index (χ1) is 17.6. The number of halogens is 4. The van der Waals surface area contributed by atoms with Crippen molar-refractivity contribution in [2.45, 2.75) is 12.8 Å². The Morgan fingerprint density at radius 1 is 1.03 bits per heavy atom. The summed E-state index contributed by atoms with van der Waals surface area (Å²) in [5.74, 6) is -2.89. The van der Waals surface area contributed by atoms with E-state index in [2.05, 4.69) is 0 Å². The molecule has 12 heteroatoms. The molecule has 0 radical (unpaired) electrons. The molecule has 0 fully saturated rings. The van der Waals surface area contributed by atoms with Gasteiger partial charge in [-0.15, -0.1) is 11.3 Å². The summed E-state index contributed by atoms with van der Waals surface area (Å²) < 4.78 is 11.8. The van der Waals surface area contributed by atoms with Crippen LogP contribution in [0.4, 0.5) is 0 Å². The van der Waals surface area contributed by atoms with Gasteiger partial charge in [-0.3, -0.25) is 9.36 Å². The SMILES string of the molecule is CCOC(=O)C1=c2s/c(=C\c3ccc(Cl)cc3Cl)c(=O)n2C(N)=C(C(=O)OC)[C@@H]1c1ccc(Cl)cc1Cl. The fraction of sp³-hybridized carbons (Fsp3) is 0.160.